The molecule has 1 aliphatic carbocycles. The average molecular weight is 497 g/mol. The number of imide groups is 1. The van der Waals surface area contributed by atoms with Crippen LogP contribution in [0.5, 0.6) is 0 Å². The van der Waals surface area contributed by atoms with E-state index in [-0.39, 0.29) is 24.3 Å². The molecule has 5 rings (SSSR count). The van der Waals surface area contributed by atoms with Crippen LogP contribution >= 0.6 is 0 Å². The Labute approximate surface area is 201 Å². The minimum absolute atomic E-state index is 0.0121. The van der Waals surface area contributed by atoms with Crippen LogP contribution in [0.4, 0.5) is 0 Å². The van der Waals surface area contributed by atoms with Crippen LogP contribution in [0.25, 0.3) is 11.0 Å². The molecule has 2 amide bonds. The third-order valence-electron chi connectivity index (χ3n) is 6.59. The average Bonchev–Trinajstić information content (AvgIpc) is 3.33. The summed E-state index contributed by atoms with van der Waals surface area (Å²) in [5.74, 6) is -1.34. The van der Waals surface area contributed by atoms with Gasteiger partial charge in [-0.15, -0.1) is 0 Å². The van der Waals surface area contributed by atoms with Gasteiger partial charge in [0, 0.05) is 30.0 Å². The number of hydrogen-bond donors (Lipinski definition) is 2. The Hall–Kier alpha value is -3.50. The Kier molecular flexibility index (Phi) is 5.94. The molecule has 35 heavy (non-hydrogen) atoms. The van der Waals surface area contributed by atoms with E-state index in [4.69, 9.17) is 4.42 Å². The number of carboxylic acid groups (broad SMARTS) is 1. The number of fused-ring (bicyclic) bond motifs is 4. The predicted octanol–water partition coefficient (Wildman–Crippen LogP) is 3.12. The second-order valence-electron chi connectivity index (χ2n) is 8.83. The Morgan fingerprint density at radius 1 is 1.06 bits per heavy atom. The minimum Gasteiger partial charge on any atom is -0.480 e. The molecule has 0 saturated carbocycles. The molecular weight excluding hydrogens is 472 g/mol. The van der Waals surface area contributed by atoms with E-state index in [9.17, 15) is 27.9 Å². The maximum absolute atomic E-state index is 13.0. The molecule has 9 nitrogen and oxygen atoms in total. The molecule has 1 atom stereocenters. The molecule has 3 aromatic rings. The number of carbonyl (C=O) groups is 3. The fourth-order valence-corrected chi connectivity index (χ4v) is 6.03. The number of benzene rings is 2. The number of hydrogen-bond acceptors (Lipinski definition) is 6. The first-order chi connectivity index (χ1) is 16.8. The van der Waals surface area contributed by atoms with Crippen molar-refractivity contribution in [2.75, 3.05) is 6.54 Å². The highest BCUT2D eigenvalue weighted by atomic mass is 32.2. The maximum atomic E-state index is 13.0. The summed E-state index contributed by atoms with van der Waals surface area (Å²) in [5, 5.41) is 10.5. The van der Waals surface area contributed by atoms with Gasteiger partial charge in [0.1, 0.15) is 17.4 Å². The summed E-state index contributed by atoms with van der Waals surface area (Å²) in [6, 6.07) is 9.62. The van der Waals surface area contributed by atoms with Gasteiger partial charge in [0.05, 0.1) is 16.0 Å². The number of carbonyl (C=O) groups excluding carboxylic acids is 2. The molecule has 0 bridgehead atoms. The Balaban J connectivity index is 1.27. The van der Waals surface area contributed by atoms with Crippen molar-refractivity contribution < 1.29 is 32.3 Å². The van der Waals surface area contributed by atoms with Crippen LogP contribution in [-0.4, -0.2) is 48.8 Å². The predicted molar refractivity (Wildman–Crippen MR) is 126 cm³/mol. The molecule has 2 heterocycles. The van der Waals surface area contributed by atoms with Crippen molar-refractivity contribution in [3.05, 3.63) is 64.9 Å². The van der Waals surface area contributed by atoms with Crippen molar-refractivity contribution in [1.29, 1.82) is 0 Å². The number of carboxylic acids is 1. The van der Waals surface area contributed by atoms with Crippen molar-refractivity contribution in [2.24, 2.45) is 0 Å². The van der Waals surface area contributed by atoms with E-state index in [1.807, 2.05) is 0 Å². The van der Waals surface area contributed by atoms with E-state index in [0.717, 1.165) is 47.3 Å². The zero-order valence-electron chi connectivity index (χ0n) is 18.8. The first-order valence-electron chi connectivity index (χ1n) is 11.5. The number of sulfonamides is 1. The number of rotatable bonds is 8. The molecule has 2 aliphatic rings. The van der Waals surface area contributed by atoms with Crippen LogP contribution in [-0.2, 0) is 27.7 Å². The van der Waals surface area contributed by atoms with Crippen LogP contribution in [0.2, 0.25) is 0 Å². The highest BCUT2D eigenvalue weighted by molar-refractivity contribution is 7.89. The summed E-state index contributed by atoms with van der Waals surface area (Å²) in [6.45, 7) is -0.0121. The summed E-state index contributed by atoms with van der Waals surface area (Å²) in [7, 11) is -4.15. The first-order valence-corrected chi connectivity index (χ1v) is 13.0. The van der Waals surface area contributed by atoms with Gasteiger partial charge in [0.25, 0.3) is 11.8 Å². The summed E-state index contributed by atoms with van der Waals surface area (Å²) in [4.78, 5) is 37.7. The molecule has 1 aromatic heterocycles. The van der Waals surface area contributed by atoms with Crippen LogP contribution in [0.15, 0.2) is 51.8 Å². The van der Waals surface area contributed by atoms with Gasteiger partial charge >= 0.3 is 5.97 Å². The molecule has 2 aromatic carbocycles. The molecule has 2 N–H and O–H groups in total. The number of furan rings is 1. The Morgan fingerprint density at radius 2 is 1.74 bits per heavy atom. The zero-order valence-corrected chi connectivity index (χ0v) is 19.6. The van der Waals surface area contributed by atoms with Crippen LogP contribution in [0.1, 0.15) is 57.7 Å². The van der Waals surface area contributed by atoms with Gasteiger partial charge in [-0.05, 0) is 56.4 Å². The quantitative estimate of drug-likeness (QED) is 0.458. The Bertz CT molecular complexity index is 1420. The number of nitrogens with one attached hydrogen (secondary N) is 1. The topological polar surface area (TPSA) is 134 Å². The van der Waals surface area contributed by atoms with E-state index < -0.39 is 33.8 Å². The minimum atomic E-state index is -4.15. The second kappa shape index (κ2) is 8.94. The van der Waals surface area contributed by atoms with Crippen molar-refractivity contribution in [2.45, 2.75) is 49.5 Å². The van der Waals surface area contributed by atoms with Crippen molar-refractivity contribution in [3.8, 4) is 0 Å². The smallest absolute Gasteiger partial charge is 0.321 e. The van der Waals surface area contributed by atoms with Gasteiger partial charge in [0.15, 0.2) is 0 Å². The monoisotopic (exact) mass is 496 g/mol. The number of aryl methyl sites for hydroxylation is 2. The fraction of sp³-hybridized carbons (Fsp3) is 0.320. The summed E-state index contributed by atoms with van der Waals surface area (Å²) < 4.78 is 34.1. The second-order valence-corrected chi connectivity index (χ2v) is 10.5. The summed E-state index contributed by atoms with van der Waals surface area (Å²) in [6.07, 6.45) is 3.82. The number of nitrogens with zero attached hydrogens (tertiary/aromatic N) is 1. The van der Waals surface area contributed by atoms with Crippen molar-refractivity contribution in [3.63, 3.8) is 0 Å². The van der Waals surface area contributed by atoms with Gasteiger partial charge < -0.3 is 9.52 Å². The largest absolute Gasteiger partial charge is 0.480 e. The Morgan fingerprint density at radius 3 is 2.43 bits per heavy atom. The lowest BCUT2D eigenvalue weighted by Crippen LogP contribution is -2.41. The van der Waals surface area contributed by atoms with Crippen LogP contribution < -0.4 is 4.72 Å². The maximum Gasteiger partial charge on any atom is 0.321 e. The molecule has 10 heteroatoms. The standard InChI is InChI=1S/C25H24N2O7S/c28-23-18-7-1-2-8-19(18)24(29)27(23)13-5-9-20(25(30)31)26-35(32,33)15-11-12-17-16-6-3-4-10-21(16)34-22(17)14-15/h1-2,7-8,11-12,14,20,26H,3-6,9-10,13H2,(H,30,31)/t20-/m1/s1. The van der Waals surface area contributed by atoms with Gasteiger partial charge in [-0.1, -0.05) is 12.1 Å². The van der Waals surface area contributed by atoms with Crippen molar-refractivity contribution >= 4 is 38.8 Å². The molecule has 0 saturated heterocycles. The summed E-state index contributed by atoms with van der Waals surface area (Å²) >= 11 is 0. The van der Waals surface area contributed by atoms with E-state index in [2.05, 4.69) is 4.72 Å². The first kappa shape index (κ1) is 23.3. The van der Waals surface area contributed by atoms with Gasteiger partial charge in [0.2, 0.25) is 10.0 Å². The van der Waals surface area contributed by atoms with Crippen molar-refractivity contribution in [1.82, 2.24) is 9.62 Å². The molecule has 0 unspecified atom stereocenters. The molecule has 0 fully saturated rings. The van der Waals surface area contributed by atoms with Gasteiger partial charge in [-0.25, -0.2) is 8.42 Å². The van der Waals surface area contributed by atoms with E-state index in [0.29, 0.717) is 16.7 Å². The molecule has 0 radical (unpaired) electrons. The molecule has 1 aliphatic heterocycles. The lowest BCUT2D eigenvalue weighted by molar-refractivity contribution is -0.139. The lowest BCUT2D eigenvalue weighted by Gasteiger charge is -2.17. The SMILES string of the molecule is O=C(O)[C@@H](CCCN1C(=O)c2ccccc2C1=O)NS(=O)(=O)c1ccc2c3c(oc2c1)CCCC3. The zero-order chi connectivity index (χ0) is 24.7. The normalized spacial score (nSPS) is 16.4. The molecule has 182 valence electrons. The number of aliphatic carboxylic acids is 1. The highest BCUT2D eigenvalue weighted by Gasteiger charge is 2.35. The van der Waals surface area contributed by atoms with E-state index >= 15 is 0 Å². The third-order valence-corrected chi connectivity index (χ3v) is 8.06. The van der Waals surface area contributed by atoms with E-state index in [1.165, 1.54) is 12.1 Å². The van der Waals surface area contributed by atoms with Crippen LogP contribution in [0.3, 0.4) is 0 Å². The van der Waals surface area contributed by atoms with Gasteiger partial charge in [-0.2, -0.15) is 4.72 Å². The lowest BCUT2D eigenvalue weighted by atomic mass is 9.96. The van der Waals surface area contributed by atoms with Gasteiger partial charge in [-0.3, -0.25) is 19.3 Å². The highest BCUT2D eigenvalue weighted by Crippen LogP contribution is 2.33. The fourth-order valence-electron chi connectivity index (χ4n) is 4.80. The molecule has 0 spiro atoms. The van der Waals surface area contributed by atoms with E-state index in [1.54, 1.807) is 30.3 Å². The third kappa shape index (κ3) is 4.23. The molecular formula is C25H24N2O7S. The number of amides is 2. The summed E-state index contributed by atoms with van der Waals surface area (Å²) in [5.41, 5.74) is 2.20. The van der Waals surface area contributed by atoms with Crippen LogP contribution in [0, 0.1) is 0 Å².